The molecule has 0 amide bonds. The molecule has 2 nitrogen and oxygen atoms in total. The number of hydrogen-bond donors (Lipinski definition) is 0. The summed E-state index contributed by atoms with van der Waals surface area (Å²) in [6.45, 7) is 21.9. The minimum Gasteiger partial charge on any atom is -0.243 e. The third-order valence-corrected chi connectivity index (χ3v) is 0.855. The second kappa shape index (κ2) is 17.0. The summed E-state index contributed by atoms with van der Waals surface area (Å²) in [4.78, 5) is 0. The molecule has 0 fully saturated rings. The third kappa shape index (κ3) is 10.7. The Labute approximate surface area is 83.0 Å². The van der Waals surface area contributed by atoms with E-state index < -0.39 is 0 Å². The lowest BCUT2D eigenvalue weighted by Gasteiger charge is -2.10. The third-order valence-electron chi connectivity index (χ3n) is 0.855. The lowest BCUT2D eigenvalue weighted by molar-refractivity contribution is 0.523. The van der Waals surface area contributed by atoms with Crippen LogP contribution in [0.1, 0.15) is 27.7 Å². The monoisotopic (exact) mass is 182 g/mol. The molecule has 0 saturated heterocycles. The summed E-state index contributed by atoms with van der Waals surface area (Å²) in [5, 5.41) is 5.01. The molecule has 0 aliphatic heterocycles. The van der Waals surface area contributed by atoms with Crippen molar-refractivity contribution in [3.8, 4) is 0 Å². The summed E-state index contributed by atoms with van der Waals surface area (Å²) in [7, 11) is 0. The van der Waals surface area contributed by atoms with E-state index in [2.05, 4.69) is 31.6 Å². The molecule has 0 saturated carbocycles. The number of nitrogens with zero attached hydrogens (tertiary/aromatic N) is 2. The van der Waals surface area contributed by atoms with Crippen molar-refractivity contribution >= 4 is 6.72 Å². The zero-order chi connectivity index (χ0) is 11.3. The van der Waals surface area contributed by atoms with Gasteiger partial charge in [0.2, 0.25) is 0 Å². The van der Waals surface area contributed by atoms with Crippen molar-refractivity contribution in [2.45, 2.75) is 27.7 Å². The maximum atomic E-state index is 3.62. The van der Waals surface area contributed by atoms with E-state index in [1.165, 1.54) is 11.2 Å². The molecule has 2 heteroatoms. The van der Waals surface area contributed by atoms with Gasteiger partial charge < -0.3 is 0 Å². The number of hydrogen-bond acceptors (Lipinski definition) is 2. The van der Waals surface area contributed by atoms with E-state index in [0.717, 1.165) is 0 Å². The summed E-state index contributed by atoms with van der Waals surface area (Å²) in [6, 6.07) is 0. The van der Waals surface area contributed by atoms with Crippen LogP contribution in [0.4, 0.5) is 0 Å². The van der Waals surface area contributed by atoms with Crippen LogP contribution in [0.3, 0.4) is 0 Å². The molecule has 0 bridgehead atoms. The Hall–Kier alpha value is -1.31. The average molecular weight is 182 g/mol. The van der Waals surface area contributed by atoms with Crippen LogP contribution in [0.25, 0.3) is 0 Å². The van der Waals surface area contributed by atoms with E-state index in [0.29, 0.717) is 5.70 Å². The summed E-state index contributed by atoms with van der Waals surface area (Å²) in [6.07, 6.45) is 3.09. The van der Waals surface area contributed by atoms with Crippen molar-refractivity contribution in [1.29, 1.82) is 0 Å². The minimum absolute atomic E-state index is 0.667. The highest BCUT2D eigenvalue weighted by molar-refractivity contribution is 5.25. The first-order valence-corrected chi connectivity index (χ1v) is 4.46. The molecule has 0 aromatic rings. The van der Waals surface area contributed by atoms with Gasteiger partial charge in [0, 0.05) is 12.9 Å². The van der Waals surface area contributed by atoms with E-state index in [1.807, 2.05) is 27.7 Å². The molecule has 0 spiro atoms. The predicted molar refractivity (Wildman–Crippen MR) is 63.6 cm³/mol. The van der Waals surface area contributed by atoms with Crippen molar-refractivity contribution in [2.24, 2.45) is 5.10 Å². The molecule has 0 heterocycles. The Bertz CT molecular complexity index is 140. The van der Waals surface area contributed by atoms with Crippen LogP contribution in [-0.2, 0) is 0 Å². The summed E-state index contributed by atoms with van der Waals surface area (Å²) in [5.74, 6) is 0. The van der Waals surface area contributed by atoms with Gasteiger partial charge in [-0.05, 0) is 6.08 Å². The van der Waals surface area contributed by atoms with Gasteiger partial charge in [0.25, 0.3) is 0 Å². The van der Waals surface area contributed by atoms with Gasteiger partial charge in [0.05, 0.1) is 5.70 Å². The molecule has 0 aliphatic carbocycles. The van der Waals surface area contributed by atoms with Crippen molar-refractivity contribution in [1.82, 2.24) is 5.01 Å². The van der Waals surface area contributed by atoms with Crippen LogP contribution in [0, 0.1) is 0 Å². The first-order valence-electron chi connectivity index (χ1n) is 4.46. The van der Waals surface area contributed by atoms with Crippen LogP contribution < -0.4 is 0 Å². The zero-order valence-corrected chi connectivity index (χ0v) is 9.38. The summed E-state index contributed by atoms with van der Waals surface area (Å²) < 4.78 is 0. The van der Waals surface area contributed by atoms with Crippen LogP contribution in [0.5, 0.6) is 0 Å². The Morgan fingerprint density at radius 3 is 1.62 bits per heavy atom. The van der Waals surface area contributed by atoms with Gasteiger partial charge in [0.15, 0.2) is 0 Å². The van der Waals surface area contributed by atoms with Crippen molar-refractivity contribution < 1.29 is 0 Å². The topological polar surface area (TPSA) is 15.6 Å². The Morgan fingerprint density at radius 2 is 1.54 bits per heavy atom. The molecule has 0 aromatic heterocycles. The number of rotatable bonds is 4. The standard InChI is InChI=1S/C7H10N2.2C2H6/c1-5-7(3)9(6-2)8-4;2*1-2/h5-6H,1-4H2;2*1-2H3. The first-order chi connectivity index (χ1) is 6.26. The van der Waals surface area contributed by atoms with Crippen LogP contribution >= 0.6 is 0 Å². The molecule has 0 aromatic carbocycles. The van der Waals surface area contributed by atoms with Gasteiger partial charge in [0.1, 0.15) is 0 Å². The largest absolute Gasteiger partial charge is 0.243 e. The maximum absolute atomic E-state index is 3.62. The van der Waals surface area contributed by atoms with Crippen LogP contribution in [0.15, 0.2) is 42.8 Å². The van der Waals surface area contributed by atoms with Gasteiger partial charge >= 0.3 is 0 Å². The normalized spacial score (nSPS) is 6.15. The molecule has 0 radical (unpaired) electrons. The first kappa shape index (κ1) is 17.7. The SMILES string of the molecule is C=CC(=C)N(C=C)N=C.CC.CC. The Balaban J connectivity index is -0.000000218. The maximum Gasteiger partial charge on any atom is 0.0567 e. The number of allylic oxidation sites excluding steroid dienone is 1. The van der Waals surface area contributed by atoms with E-state index in [1.54, 1.807) is 6.08 Å². The zero-order valence-electron chi connectivity index (χ0n) is 9.38. The molecular formula is C11H22N2. The minimum atomic E-state index is 0.667. The highest BCUT2D eigenvalue weighted by Gasteiger charge is 1.91. The van der Waals surface area contributed by atoms with Crippen molar-refractivity contribution in [3.05, 3.63) is 37.7 Å². The van der Waals surface area contributed by atoms with E-state index in [4.69, 9.17) is 0 Å². The average Bonchev–Trinajstić information content (AvgIpc) is 2.25. The van der Waals surface area contributed by atoms with Gasteiger partial charge in [-0.1, -0.05) is 47.4 Å². The molecule has 13 heavy (non-hydrogen) atoms. The second-order valence-corrected chi connectivity index (χ2v) is 1.36. The molecule has 0 atom stereocenters. The smallest absolute Gasteiger partial charge is 0.0567 e. The van der Waals surface area contributed by atoms with Crippen LogP contribution in [0.2, 0.25) is 0 Å². The van der Waals surface area contributed by atoms with Crippen molar-refractivity contribution in [2.75, 3.05) is 0 Å². The van der Waals surface area contributed by atoms with Crippen molar-refractivity contribution in [3.63, 3.8) is 0 Å². The fraction of sp³-hybridized carbons (Fsp3) is 0.364. The summed E-state index contributed by atoms with van der Waals surface area (Å²) in [5.41, 5.74) is 0.667. The molecule has 0 aliphatic rings. The molecule has 0 N–H and O–H groups in total. The lowest BCUT2D eigenvalue weighted by atomic mass is 10.5. The fourth-order valence-corrected chi connectivity index (χ4v) is 0.359. The molecule has 0 unspecified atom stereocenters. The van der Waals surface area contributed by atoms with Gasteiger partial charge in [-0.25, -0.2) is 5.01 Å². The molecular weight excluding hydrogens is 160 g/mol. The predicted octanol–water partition coefficient (Wildman–Crippen LogP) is 3.80. The van der Waals surface area contributed by atoms with E-state index in [9.17, 15) is 0 Å². The lowest BCUT2D eigenvalue weighted by Crippen LogP contribution is -2.03. The Kier molecular flexibility index (Phi) is 23.1. The number of hydrazone groups is 1. The highest BCUT2D eigenvalue weighted by atomic mass is 15.4. The molecule has 0 rings (SSSR count). The van der Waals surface area contributed by atoms with Gasteiger partial charge in [-0.15, -0.1) is 0 Å². The van der Waals surface area contributed by atoms with Gasteiger partial charge in [-0.3, -0.25) is 0 Å². The van der Waals surface area contributed by atoms with Gasteiger partial charge in [-0.2, -0.15) is 5.10 Å². The second-order valence-electron chi connectivity index (χ2n) is 1.36. The van der Waals surface area contributed by atoms with E-state index >= 15 is 0 Å². The quantitative estimate of drug-likeness (QED) is 0.367. The van der Waals surface area contributed by atoms with Crippen LogP contribution in [-0.4, -0.2) is 11.7 Å². The fourth-order valence-electron chi connectivity index (χ4n) is 0.359. The highest BCUT2D eigenvalue weighted by Crippen LogP contribution is 2.01. The molecule has 76 valence electrons. The Morgan fingerprint density at radius 1 is 1.15 bits per heavy atom. The van der Waals surface area contributed by atoms with E-state index in [-0.39, 0.29) is 0 Å². The summed E-state index contributed by atoms with van der Waals surface area (Å²) >= 11 is 0.